The lowest BCUT2D eigenvalue weighted by molar-refractivity contribution is -0.133. The number of hydroxylamine groups is 1. The zero-order valence-electron chi connectivity index (χ0n) is 16.2. The van der Waals surface area contributed by atoms with Crippen LogP contribution in [0.4, 0.5) is 0 Å². The number of carbonyl (C=O) groups excluding carboxylic acids is 1. The Morgan fingerprint density at radius 1 is 1.14 bits per heavy atom. The number of ether oxygens (including phenoxy) is 1. The number of hydrogen-bond acceptors (Lipinski definition) is 6. The fourth-order valence-corrected chi connectivity index (χ4v) is 5.09. The minimum absolute atomic E-state index is 0.0746. The number of methoxy groups -OCH3 is 1. The Kier molecular flexibility index (Phi) is 6.86. The molecule has 1 fully saturated rings. The van der Waals surface area contributed by atoms with E-state index in [2.05, 4.69) is 0 Å². The summed E-state index contributed by atoms with van der Waals surface area (Å²) in [5.74, 6) is -0.208. The lowest BCUT2D eigenvalue weighted by atomic mass is 10.2. The highest BCUT2D eigenvalue weighted by molar-refractivity contribution is 7.89. The lowest BCUT2D eigenvalue weighted by Gasteiger charge is -2.29. The van der Waals surface area contributed by atoms with Gasteiger partial charge in [0.15, 0.2) is 0 Å². The van der Waals surface area contributed by atoms with Crippen LogP contribution in [0.2, 0.25) is 0 Å². The second-order valence-electron chi connectivity index (χ2n) is 6.86. The van der Waals surface area contributed by atoms with Gasteiger partial charge in [-0.1, -0.05) is 30.3 Å². The highest BCUT2D eigenvalue weighted by Gasteiger charge is 2.38. The third kappa shape index (κ3) is 4.94. The van der Waals surface area contributed by atoms with E-state index in [1.54, 1.807) is 17.6 Å². The van der Waals surface area contributed by atoms with E-state index in [9.17, 15) is 18.4 Å². The van der Waals surface area contributed by atoms with Gasteiger partial charge in [0, 0.05) is 19.6 Å². The van der Waals surface area contributed by atoms with Crippen molar-refractivity contribution in [3.8, 4) is 5.75 Å². The standard InChI is InChI=1S/C20H25N3O5S/c1-28-17-8-10-18(11-9-17)29(26,27)23-13-5-12-22(15-19(23)20(24)21-25)14-16-6-3-2-4-7-16/h2-4,6-11,19,25H,5,12-15H2,1H3,(H,21,24). The van der Waals surface area contributed by atoms with E-state index in [0.29, 0.717) is 25.3 Å². The maximum absolute atomic E-state index is 13.2. The lowest BCUT2D eigenvalue weighted by Crippen LogP contribution is -2.52. The topological polar surface area (TPSA) is 99.2 Å². The second kappa shape index (κ2) is 9.36. The van der Waals surface area contributed by atoms with Crippen LogP contribution in [0, 0.1) is 0 Å². The van der Waals surface area contributed by atoms with Crippen molar-refractivity contribution in [3.63, 3.8) is 0 Å². The second-order valence-corrected chi connectivity index (χ2v) is 8.75. The molecule has 1 aliphatic heterocycles. The summed E-state index contributed by atoms with van der Waals surface area (Å²) in [5.41, 5.74) is 2.70. The van der Waals surface area contributed by atoms with Gasteiger partial charge in [0.1, 0.15) is 11.8 Å². The summed E-state index contributed by atoms with van der Waals surface area (Å²) < 4.78 is 32.7. The number of sulfonamides is 1. The number of amides is 1. The fourth-order valence-electron chi connectivity index (χ4n) is 3.48. The van der Waals surface area contributed by atoms with E-state index in [4.69, 9.17) is 4.74 Å². The molecule has 0 radical (unpaired) electrons. The maximum Gasteiger partial charge on any atom is 0.263 e. The van der Waals surface area contributed by atoms with Crippen molar-refractivity contribution in [2.24, 2.45) is 0 Å². The first-order valence-corrected chi connectivity index (χ1v) is 10.8. The molecule has 156 valence electrons. The van der Waals surface area contributed by atoms with Crippen LogP contribution < -0.4 is 10.2 Å². The molecule has 1 heterocycles. The molecule has 29 heavy (non-hydrogen) atoms. The summed E-state index contributed by atoms with van der Waals surface area (Å²) in [7, 11) is -2.43. The molecule has 0 spiro atoms. The Morgan fingerprint density at radius 2 is 1.83 bits per heavy atom. The summed E-state index contributed by atoms with van der Waals surface area (Å²) in [5, 5.41) is 9.22. The van der Waals surface area contributed by atoms with E-state index in [0.717, 1.165) is 5.56 Å². The van der Waals surface area contributed by atoms with Crippen molar-refractivity contribution in [1.82, 2.24) is 14.7 Å². The van der Waals surface area contributed by atoms with Gasteiger partial charge in [-0.05, 0) is 42.8 Å². The molecular weight excluding hydrogens is 394 g/mol. The summed E-state index contributed by atoms with van der Waals surface area (Å²) >= 11 is 0. The SMILES string of the molecule is COc1ccc(S(=O)(=O)N2CCCN(Cc3ccccc3)CC2C(=O)NO)cc1. The molecule has 0 aromatic heterocycles. The molecule has 0 saturated carbocycles. The van der Waals surface area contributed by atoms with Crippen LogP contribution in [0.25, 0.3) is 0 Å². The average Bonchev–Trinajstić information content (AvgIpc) is 2.97. The average molecular weight is 420 g/mol. The smallest absolute Gasteiger partial charge is 0.263 e. The molecular formula is C20H25N3O5S. The number of nitrogens with one attached hydrogen (secondary N) is 1. The monoisotopic (exact) mass is 419 g/mol. The van der Waals surface area contributed by atoms with Crippen molar-refractivity contribution < 1.29 is 23.2 Å². The Balaban J connectivity index is 1.87. The molecule has 2 aromatic carbocycles. The van der Waals surface area contributed by atoms with Gasteiger partial charge in [0.05, 0.1) is 12.0 Å². The molecule has 2 N–H and O–H groups in total. The third-order valence-corrected chi connectivity index (χ3v) is 6.88. The van der Waals surface area contributed by atoms with Crippen LogP contribution in [-0.4, -0.2) is 61.5 Å². The molecule has 1 saturated heterocycles. The molecule has 9 heteroatoms. The number of benzene rings is 2. The van der Waals surface area contributed by atoms with E-state index in [1.165, 1.54) is 23.5 Å². The van der Waals surface area contributed by atoms with Crippen LogP contribution in [0.1, 0.15) is 12.0 Å². The predicted molar refractivity (Wildman–Crippen MR) is 107 cm³/mol. The van der Waals surface area contributed by atoms with Crippen LogP contribution in [0.3, 0.4) is 0 Å². The first kappa shape index (κ1) is 21.3. The Bertz CT molecular complexity index is 919. The number of carbonyl (C=O) groups is 1. The Hall–Kier alpha value is -2.46. The van der Waals surface area contributed by atoms with E-state index >= 15 is 0 Å². The minimum atomic E-state index is -3.93. The molecule has 1 aliphatic rings. The van der Waals surface area contributed by atoms with Gasteiger partial charge in [-0.15, -0.1) is 0 Å². The largest absolute Gasteiger partial charge is 0.497 e. The molecule has 1 atom stereocenters. The summed E-state index contributed by atoms with van der Waals surface area (Å²) in [6, 6.07) is 14.8. The molecule has 1 unspecified atom stereocenters. The molecule has 0 aliphatic carbocycles. The van der Waals surface area contributed by atoms with Crippen molar-refractivity contribution >= 4 is 15.9 Å². The number of rotatable bonds is 6. The highest BCUT2D eigenvalue weighted by atomic mass is 32.2. The van der Waals surface area contributed by atoms with Crippen LogP contribution >= 0.6 is 0 Å². The van der Waals surface area contributed by atoms with Crippen molar-refractivity contribution in [1.29, 1.82) is 0 Å². The molecule has 0 bridgehead atoms. The van der Waals surface area contributed by atoms with Crippen molar-refractivity contribution in [3.05, 3.63) is 60.2 Å². The molecule has 1 amide bonds. The maximum atomic E-state index is 13.2. The van der Waals surface area contributed by atoms with Crippen LogP contribution in [0.15, 0.2) is 59.5 Å². The van der Waals surface area contributed by atoms with Gasteiger partial charge < -0.3 is 4.74 Å². The number of nitrogens with zero attached hydrogens (tertiary/aromatic N) is 2. The first-order chi connectivity index (χ1) is 14.0. The molecule has 2 aromatic rings. The quantitative estimate of drug-likeness (QED) is 0.543. The highest BCUT2D eigenvalue weighted by Crippen LogP contribution is 2.24. The normalized spacial score (nSPS) is 18.8. The number of hydrogen-bond donors (Lipinski definition) is 2. The Labute approximate surface area is 170 Å². The zero-order chi connectivity index (χ0) is 20.9. The van der Waals surface area contributed by atoms with Gasteiger partial charge in [-0.2, -0.15) is 4.31 Å². The fraction of sp³-hybridized carbons (Fsp3) is 0.350. The van der Waals surface area contributed by atoms with E-state index in [-0.39, 0.29) is 18.0 Å². The van der Waals surface area contributed by atoms with Gasteiger partial charge in [-0.25, -0.2) is 13.9 Å². The van der Waals surface area contributed by atoms with E-state index in [1.807, 2.05) is 35.2 Å². The van der Waals surface area contributed by atoms with Crippen molar-refractivity contribution in [2.45, 2.75) is 23.9 Å². The first-order valence-electron chi connectivity index (χ1n) is 9.32. The van der Waals surface area contributed by atoms with Gasteiger partial charge >= 0.3 is 0 Å². The molecule has 3 rings (SSSR count). The molecule has 8 nitrogen and oxygen atoms in total. The predicted octanol–water partition coefficient (Wildman–Crippen LogP) is 1.47. The zero-order valence-corrected chi connectivity index (χ0v) is 17.0. The Morgan fingerprint density at radius 3 is 2.45 bits per heavy atom. The van der Waals surface area contributed by atoms with Gasteiger partial charge in [-0.3, -0.25) is 14.9 Å². The third-order valence-electron chi connectivity index (χ3n) is 4.96. The summed E-state index contributed by atoms with van der Waals surface area (Å²) in [4.78, 5) is 14.5. The van der Waals surface area contributed by atoms with Crippen molar-refractivity contribution in [2.75, 3.05) is 26.7 Å². The minimum Gasteiger partial charge on any atom is -0.497 e. The van der Waals surface area contributed by atoms with Crippen LogP contribution in [0.5, 0.6) is 5.75 Å². The van der Waals surface area contributed by atoms with Crippen LogP contribution in [-0.2, 0) is 21.4 Å². The summed E-state index contributed by atoms with van der Waals surface area (Å²) in [6.07, 6.45) is 0.567. The van der Waals surface area contributed by atoms with E-state index < -0.39 is 22.0 Å². The van der Waals surface area contributed by atoms with Gasteiger partial charge in [0.25, 0.3) is 5.91 Å². The summed E-state index contributed by atoms with van der Waals surface area (Å²) in [6.45, 7) is 1.58. The van der Waals surface area contributed by atoms with Gasteiger partial charge in [0.2, 0.25) is 10.0 Å².